The van der Waals surface area contributed by atoms with E-state index in [4.69, 9.17) is 9.47 Å². The maximum Gasteiger partial charge on any atom is 0.411 e. The molecular weight excluding hydrogens is 284 g/mol. The molecule has 1 amide bonds. The van der Waals surface area contributed by atoms with Crippen LogP contribution in [-0.2, 0) is 19.5 Å². The smallest absolute Gasteiger partial charge is 0.411 e. The lowest BCUT2D eigenvalue weighted by Gasteiger charge is -2.08. The number of anilines is 1. The molecule has 112 valence electrons. The van der Waals surface area contributed by atoms with E-state index in [0.717, 1.165) is 0 Å². The first-order valence-electron chi connectivity index (χ1n) is 6.02. The maximum atomic E-state index is 11.9. The van der Waals surface area contributed by atoms with E-state index in [-0.39, 0.29) is 18.0 Å². The van der Waals surface area contributed by atoms with E-state index >= 15 is 0 Å². The van der Waals surface area contributed by atoms with Crippen LogP contribution in [0.1, 0.15) is 6.92 Å². The molecule has 0 saturated heterocycles. The second kappa shape index (κ2) is 7.83. The SMILES string of the molecule is CCOC(=O)Nc1ccc(S(=O)(=O)NCCOC)cc1. The van der Waals surface area contributed by atoms with Crippen LogP contribution in [-0.4, -0.2) is 41.4 Å². The predicted molar refractivity (Wildman–Crippen MR) is 74.2 cm³/mol. The highest BCUT2D eigenvalue weighted by molar-refractivity contribution is 7.89. The lowest BCUT2D eigenvalue weighted by atomic mass is 10.3. The third-order valence-corrected chi connectivity index (χ3v) is 3.76. The predicted octanol–water partition coefficient (Wildman–Crippen LogP) is 1.18. The fourth-order valence-electron chi connectivity index (χ4n) is 1.36. The number of carbonyl (C=O) groups is 1. The van der Waals surface area contributed by atoms with E-state index in [2.05, 4.69) is 10.0 Å². The summed E-state index contributed by atoms with van der Waals surface area (Å²) in [7, 11) is -2.07. The van der Waals surface area contributed by atoms with Crippen molar-refractivity contribution in [1.29, 1.82) is 0 Å². The van der Waals surface area contributed by atoms with Gasteiger partial charge in [0.15, 0.2) is 0 Å². The highest BCUT2D eigenvalue weighted by Gasteiger charge is 2.13. The van der Waals surface area contributed by atoms with Gasteiger partial charge in [-0.25, -0.2) is 17.9 Å². The molecule has 8 heteroatoms. The van der Waals surface area contributed by atoms with Gasteiger partial charge in [0.2, 0.25) is 10.0 Å². The number of hydrogen-bond donors (Lipinski definition) is 2. The molecule has 0 atom stereocenters. The van der Waals surface area contributed by atoms with Gasteiger partial charge in [-0.3, -0.25) is 5.32 Å². The van der Waals surface area contributed by atoms with Crippen molar-refractivity contribution >= 4 is 21.8 Å². The number of ether oxygens (including phenoxy) is 2. The van der Waals surface area contributed by atoms with Crippen LogP contribution in [0.2, 0.25) is 0 Å². The Kier molecular flexibility index (Phi) is 6.43. The summed E-state index contributed by atoms with van der Waals surface area (Å²) in [6, 6.07) is 5.77. The minimum absolute atomic E-state index is 0.114. The van der Waals surface area contributed by atoms with Gasteiger partial charge in [0.25, 0.3) is 0 Å². The first kappa shape index (κ1) is 16.4. The van der Waals surface area contributed by atoms with Gasteiger partial charge in [-0.15, -0.1) is 0 Å². The van der Waals surface area contributed by atoms with Crippen molar-refractivity contribution in [2.75, 3.05) is 32.2 Å². The second-order valence-electron chi connectivity index (χ2n) is 3.76. The Morgan fingerprint density at radius 1 is 1.25 bits per heavy atom. The van der Waals surface area contributed by atoms with E-state index in [1.807, 2.05) is 0 Å². The topological polar surface area (TPSA) is 93.7 Å². The van der Waals surface area contributed by atoms with E-state index in [1.165, 1.54) is 31.4 Å². The molecule has 0 spiro atoms. The van der Waals surface area contributed by atoms with Crippen molar-refractivity contribution < 1.29 is 22.7 Å². The van der Waals surface area contributed by atoms with E-state index in [0.29, 0.717) is 12.3 Å². The molecule has 0 radical (unpaired) electrons. The Balaban J connectivity index is 2.68. The van der Waals surface area contributed by atoms with Crippen molar-refractivity contribution in [1.82, 2.24) is 4.72 Å². The summed E-state index contributed by atoms with van der Waals surface area (Å²) >= 11 is 0. The van der Waals surface area contributed by atoms with Crippen LogP contribution >= 0.6 is 0 Å². The molecule has 0 aliphatic heterocycles. The first-order chi connectivity index (χ1) is 9.49. The average Bonchev–Trinajstić information content (AvgIpc) is 2.39. The van der Waals surface area contributed by atoms with Crippen LogP contribution in [0.3, 0.4) is 0 Å². The zero-order valence-electron chi connectivity index (χ0n) is 11.4. The summed E-state index contributed by atoms with van der Waals surface area (Å²) in [5.74, 6) is 0. The molecule has 20 heavy (non-hydrogen) atoms. The fourth-order valence-corrected chi connectivity index (χ4v) is 2.38. The van der Waals surface area contributed by atoms with E-state index in [1.54, 1.807) is 6.92 Å². The normalized spacial score (nSPS) is 11.1. The van der Waals surface area contributed by atoms with Crippen molar-refractivity contribution in [3.8, 4) is 0 Å². The highest BCUT2D eigenvalue weighted by Crippen LogP contribution is 2.14. The van der Waals surface area contributed by atoms with Crippen LogP contribution in [0, 0.1) is 0 Å². The summed E-state index contributed by atoms with van der Waals surface area (Å²) in [5.41, 5.74) is 0.458. The van der Waals surface area contributed by atoms with Crippen LogP contribution in [0.5, 0.6) is 0 Å². The number of methoxy groups -OCH3 is 1. The van der Waals surface area contributed by atoms with Crippen molar-refractivity contribution in [3.63, 3.8) is 0 Å². The maximum absolute atomic E-state index is 11.9. The zero-order valence-corrected chi connectivity index (χ0v) is 12.2. The summed E-state index contributed by atoms with van der Waals surface area (Å²) in [4.78, 5) is 11.3. The van der Waals surface area contributed by atoms with Crippen molar-refractivity contribution in [2.45, 2.75) is 11.8 Å². The molecule has 7 nitrogen and oxygen atoms in total. The van der Waals surface area contributed by atoms with Gasteiger partial charge in [0, 0.05) is 19.3 Å². The van der Waals surface area contributed by atoms with Gasteiger partial charge in [-0.05, 0) is 31.2 Å². The molecule has 0 aliphatic carbocycles. The number of sulfonamides is 1. The Labute approximate surface area is 118 Å². The lowest BCUT2D eigenvalue weighted by Crippen LogP contribution is -2.27. The van der Waals surface area contributed by atoms with Gasteiger partial charge >= 0.3 is 6.09 Å². The van der Waals surface area contributed by atoms with Crippen LogP contribution in [0.25, 0.3) is 0 Å². The van der Waals surface area contributed by atoms with Crippen LogP contribution in [0.4, 0.5) is 10.5 Å². The molecule has 0 saturated carbocycles. The third kappa shape index (κ3) is 5.16. The molecule has 2 N–H and O–H groups in total. The number of benzene rings is 1. The Morgan fingerprint density at radius 3 is 2.45 bits per heavy atom. The quantitative estimate of drug-likeness (QED) is 0.738. The van der Waals surface area contributed by atoms with Crippen molar-refractivity contribution in [2.24, 2.45) is 0 Å². The molecule has 0 aliphatic rings. The Bertz CT molecular complexity index is 527. The standard InChI is InChI=1S/C12H18N2O5S/c1-3-19-12(15)14-10-4-6-11(7-5-10)20(16,17)13-8-9-18-2/h4-7,13H,3,8-9H2,1-2H3,(H,14,15). The van der Waals surface area contributed by atoms with E-state index in [9.17, 15) is 13.2 Å². The number of hydrogen-bond acceptors (Lipinski definition) is 5. The summed E-state index contributed by atoms with van der Waals surface area (Å²) < 4.78 is 35.6. The van der Waals surface area contributed by atoms with Gasteiger partial charge in [0.1, 0.15) is 0 Å². The summed E-state index contributed by atoms with van der Waals surface area (Å²) in [6.45, 7) is 2.45. The first-order valence-corrected chi connectivity index (χ1v) is 7.50. The minimum atomic E-state index is -3.56. The summed E-state index contributed by atoms with van der Waals surface area (Å²) in [6.07, 6.45) is -0.582. The molecule has 1 aromatic rings. The fraction of sp³-hybridized carbons (Fsp3) is 0.417. The highest BCUT2D eigenvalue weighted by atomic mass is 32.2. The average molecular weight is 302 g/mol. The van der Waals surface area contributed by atoms with Crippen LogP contribution < -0.4 is 10.0 Å². The zero-order chi connectivity index (χ0) is 15.0. The summed E-state index contributed by atoms with van der Waals surface area (Å²) in [5, 5.41) is 2.48. The second-order valence-corrected chi connectivity index (χ2v) is 5.53. The molecule has 0 unspecified atom stereocenters. The molecule has 0 aromatic heterocycles. The van der Waals surface area contributed by atoms with Crippen LogP contribution in [0.15, 0.2) is 29.2 Å². The Hall–Kier alpha value is -1.64. The molecular formula is C12H18N2O5S. The van der Waals surface area contributed by atoms with Gasteiger partial charge in [-0.1, -0.05) is 0 Å². The third-order valence-electron chi connectivity index (χ3n) is 2.28. The molecule has 0 bridgehead atoms. The molecule has 1 rings (SSSR count). The monoisotopic (exact) mass is 302 g/mol. The van der Waals surface area contributed by atoms with Gasteiger partial charge < -0.3 is 9.47 Å². The number of amides is 1. The number of carbonyl (C=O) groups excluding carboxylic acids is 1. The number of rotatable bonds is 7. The largest absolute Gasteiger partial charge is 0.450 e. The van der Waals surface area contributed by atoms with Gasteiger partial charge in [-0.2, -0.15) is 0 Å². The molecule has 0 heterocycles. The van der Waals surface area contributed by atoms with Gasteiger partial charge in [0.05, 0.1) is 18.1 Å². The van der Waals surface area contributed by atoms with Crippen molar-refractivity contribution in [3.05, 3.63) is 24.3 Å². The molecule has 1 aromatic carbocycles. The minimum Gasteiger partial charge on any atom is -0.450 e. The lowest BCUT2D eigenvalue weighted by molar-refractivity contribution is 0.168. The molecule has 0 fully saturated rings. The number of nitrogens with one attached hydrogen (secondary N) is 2. The van der Waals surface area contributed by atoms with E-state index < -0.39 is 16.1 Å². The Morgan fingerprint density at radius 2 is 1.90 bits per heavy atom.